The van der Waals surface area contributed by atoms with E-state index in [-0.39, 0.29) is 16.7 Å². The van der Waals surface area contributed by atoms with E-state index in [9.17, 15) is 13.2 Å². The fourth-order valence-electron chi connectivity index (χ4n) is 2.77. The maximum absolute atomic E-state index is 12.7. The Morgan fingerprint density at radius 2 is 1.83 bits per heavy atom. The predicted molar refractivity (Wildman–Crippen MR) is 92.4 cm³/mol. The molecule has 0 aromatic heterocycles. The minimum Gasteiger partial charge on any atom is -0.494 e. The molecule has 1 aliphatic rings. The number of carbonyl (C=O) groups excluding carboxylic acids is 1. The Morgan fingerprint density at radius 3 is 2.38 bits per heavy atom. The quantitative estimate of drug-likeness (QED) is 0.813. The molecule has 0 unspecified atom stereocenters. The second-order valence-electron chi connectivity index (χ2n) is 5.87. The highest BCUT2D eigenvalue weighted by atomic mass is 32.2. The highest BCUT2D eigenvalue weighted by Crippen LogP contribution is 2.25. The van der Waals surface area contributed by atoms with Gasteiger partial charge in [0.1, 0.15) is 5.75 Å². The third kappa shape index (κ3) is 4.48. The standard InChI is InChI=1S/C17H26N2O4S/c1-3-11-18-17(20)14-9-12-19(13-10-14)24(21,22)16-7-5-15(6-8-16)23-4-2/h5-8,14H,3-4,9-13H2,1-2H3,(H,18,20). The highest BCUT2D eigenvalue weighted by molar-refractivity contribution is 7.89. The van der Waals surface area contributed by atoms with Crippen molar-refractivity contribution in [3.8, 4) is 5.75 Å². The van der Waals surface area contributed by atoms with Crippen molar-refractivity contribution in [2.24, 2.45) is 5.92 Å². The van der Waals surface area contributed by atoms with Crippen molar-refractivity contribution in [3.63, 3.8) is 0 Å². The molecule has 2 rings (SSSR count). The van der Waals surface area contributed by atoms with Gasteiger partial charge in [0.05, 0.1) is 11.5 Å². The second-order valence-corrected chi connectivity index (χ2v) is 7.81. The lowest BCUT2D eigenvalue weighted by Gasteiger charge is -2.30. The van der Waals surface area contributed by atoms with Crippen molar-refractivity contribution in [1.82, 2.24) is 9.62 Å². The molecule has 1 fully saturated rings. The fraction of sp³-hybridized carbons (Fsp3) is 0.588. The van der Waals surface area contributed by atoms with E-state index in [1.807, 2.05) is 13.8 Å². The van der Waals surface area contributed by atoms with Gasteiger partial charge in [-0.15, -0.1) is 0 Å². The molecule has 6 nitrogen and oxygen atoms in total. The van der Waals surface area contributed by atoms with Gasteiger partial charge in [0.2, 0.25) is 15.9 Å². The minimum absolute atomic E-state index is 0.0370. The molecule has 1 aromatic rings. The van der Waals surface area contributed by atoms with Gasteiger partial charge in [-0.2, -0.15) is 4.31 Å². The molecular formula is C17H26N2O4S. The van der Waals surface area contributed by atoms with Crippen LogP contribution in [0.5, 0.6) is 5.75 Å². The topological polar surface area (TPSA) is 75.7 Å². The summed E-state index contributed by atoms with van der Waals surface area (Å²) >= 11 is 0. The summed E-state index contributed by atoms with van der Waals surface area (Å²) in [6.07, 6.45) is 2.02. The lowest BCUT2D eigenvalue weighted by Crippen LogP contribution is -2.43. The zero-order chi connectivity index (χ0) is 17.6. The number of sulfonamides is 1. The number of nitrogens with zero attached hydrogens (tertiary/aromatic N) is 1. The number of nitrogens with one attached hydrogen (secondary N) is 1. The van der Waals surface area contributed by atoms with Crippen LogP contribution in [0.2, 0.25) is 0 Å². The molecule has 0 bridgehead atoms. The van der Waals surface area contributed by atoms with Crippen molar-refractivity contribution < 1.29 is 17.9 Å². The number of ether oxygens (including phenoxy) is 1. The molecule has 1 aromatic carbocycles. The summed E-state index contributed by atoms with van der Waals surface area (Å²) in [5.74, 6) is 0.598. The molecule has 24 heavy (non-hydrogen) atoms. The zero-order valence-electron chi connectivity index (χ0n) is 14.3. The van der Waals surface area contributed by atoms with Gasteiger partial charge in [0, 0.05) is 25.6 Å². The minimum atomic E-state index is -3.51. The normalized spacial score (nSPS) is 16.8. The number of carbonyl (C=O) groups is 1. The monoisotopic (exact) mass is 354 g/mol. The lowest BCUT2D eigenvalue weighted by atomic mass is 9.97. The van der Waals surface area contributed by atoms with Gasteiger partial charge in [-0.25, -0.2) is 8.42 Å². The van der Waals surface area contributed by atoms with Gasteiger partial charge in [0.15, 0.2) is 0 Å². The Labute approximate surface area is 144 Å². The predicted octanol–water partition coefficient (Wildman–Crippen LogP) is 2.01. The molecule has 0 spiro atoms. The van der Waals surface area contributed by atoms with Crippen molar-refractivity contribution >= 4 is 15.9 Å². The van der Waals surface area contributed by atoms with Crippen LogP contribution in [0.1, 0.15) is 33.1 Å². The van der Waals surface area contributed by atoms with Gasteiger partial charge in [0.25, 0.3) is 0 Å². The zero-order valence-corrected chi connectivity index (χ0v) is 15.1. The van der Waals surface area contributed by atoms with Gasteiger partial charge in [-0.05, 0) is 50.5 Å². The third-order valence-electron chi connectivity index (χ3n) is 4.15. The largest absolute Gasteiger partial charge is 0.494 e. The Morgan fingerprint density at radius 1 is 1.21 bits per heavy atom. The number of piperidine rings is 1. The number of hydrogen-bond donors (Lipinski definition) is 1. The smallest absolute Gasteiger partial charge is 0.243 e. The van der Waals surface area contributed by atoms with Crippen LogP contribution in [0.25, 0.3) is 0 Å². The van der Waals surface area contributed by atoms with E-state index in [1.165, 1.54) is 4.31 Å². The van der Waals surface area contributed by atoms with E-state index in [0.717, 1.165) is 6.42 Å². The second kappa shape index (κ2) is 8.48. The van der Waals surface area contributed by atoms with Gasteiger partial charge in [-0.3, -0.25) is 4.79 Å². The van der Waals surface area contributed by atoms with Crippen molar-refractivity contribution in [3.05, 3.63) is 24.3 Å². The number of rotatable bonds is 7. The average Bonchev–Trinajstić information content (AvgIpc) is 2.60. The van der Waals surface area contributed by atoms with Crippen LogP contribution in [-0.4, -0.2) is 44.9 Å². The van der Waals surface area contributed by atoms with Gasteiger partial charge in [-0.1, -0.05) is 6.92 Å². The van der Waals surface area contributed by atoms with E-state index in [1.54, 1.807) is 24.3 Å². The first-order valence-corrected chi connectivity index (χ1v) is 9.93. The van der Waals surface area contributed by atoms with Crippen LogP contribution in [-0.2, 0) is 14.8 Å². The molecule has 1 saturated heterocycles. The number of amides is 1. The summed E-state index contributed by atoms with van der Waals surface area (Å²) in [5, 5.41) is 2.88. The number of hydrogen-bond acceptors (Lipinski definition) is 4. The molecule has 134 valence electrons. The van der Waals surface area contributed by atoms with E-state index in [4.69, 9.17) is 4.74 Å². The first-order chi connectivity index (χ1) is 11.5. The van der Waals surface area contributed by atoms with Gasteiger partial charge >= 0.3 is 0 Å². The third-order valence-corrected chi connectivity index (χ3v) is 6.06. The fourth-order valence-corrected chi connectivity index (χ4v) is 4.24. The van der Waals surface area contributed by atoms with Crippen molar-refractivity contribution in [2.45, 2.75) is 38.0 Å². The molecule has 7 heteroatoms. The lowest BCUT2D eigenvalue weighted by molar-refractivity contribution is -0.126. The highest BCUT2D eigenvalue weighted by Gasteiger charge is 2.31. The Balaban J connectivity index is 1.98. The Kier molecular flexibility index (Phi) is 6.62. The molecule has 1 N–H and O–H groups in total. The van der Waals surface area contributed by atoms with Crippen LogP contribution in [0.4, 0.5) is 0 Å². The maximum Gasteiger partial charge on any atom is 0.243 e. The molecule has 0 saturated carbocycles. The molecular weight excluding hydrogens is 328 g/mol. The summed E-state index contributed by atoms with van der Waals surface area (Å²) in [7, 11) is -3.51. The van der Waals surface area contributed by atoms with Crippen LogP contribution < -0.4 is 10.1 Å². The first-order valence-electron chi connectivity index (χ1n) is 8.49. The van der Waals surface area contributed by atoms with Crippen molar-refractivity contribution in [2.75, 3.05) is 26.2 Å². The summed E-state index contributed by atoms with van der Waals surface area (Å²) in [6, 6.07) is 6.48. The molecule has 1 aliphatic heterocycles. The van der Waals surface area contributed by atoms with Crippen LogP contribution in [0.15, 0.2) is 29.2 Å². The first kappa shape index (κ1) is 18.7. The van der Waals surface area contributed by atoms with E-state index >= 15 is 0 Å². The molecule has 1 heterocycles. The SMILES string of the molecule is CCCNC(=O)C1CCN(S(=O)(=O)c2ccc(OCC)cc2)CC1. The van der Waals surface area contributed by atoms with E-state index in [2.05, 4.69) is 5.32 Å². The Bertz CT molecular complexity index is 635. The molecule has 0 aliphatic carbocycles. The summed E-state index contributed by atoms with van der Waals surface area (Å²) in [5.41, 5.74) is 0. The van der Waals surface area contributed by atoms with E-state index < -0.39 is 10.0 Å². The van der Waals surface area contributed by atoms with Crippen LogP contribution in [0.3, 0.4) is 0 Å². The average molecular weight is 354 g/mol. The van der Waals surface area contributed by atoms with E-state index in [0.29, 0.717) is 44.8 Å². The summed E-state index contributed by atoms with van der Waals surface area (Å²) < 4.78 is 32.2. The summed E-state index contributed by atoms with van der Waals surface area (Å²) in [4.78, 5) is 12.3. The summed E-state index contributed by atoms with van der Waals surface area (Å²) in [6.45, 7) is 5.85. The molecule has 0 radical (unpaired) electrons. The van der Waals surface area contributed by atoms with Crippen LogP contribution >= 0.6 is 0 Å². The molecule has 0 atom stereocenters. The molecule has 1 amide bonds. The van der Waals surface area contributed by atoms with Crippen LogP contribution in [0, 0.1) is 5.92 Å². The Hall–Kier alpha value is -1.60. The maximum atomic E-state index is 12.7. The van der Waals surface area contributed by atoms with Crippen molar-refractivity contribution in [1.29, 1.82) is 0 Å². The van der Waals surface area contributed by atoms with Gasteiger partial charge < -0.3 is 10.1 Å². The number of benzene rings is 1.